The molecule has 5 rings (SSSR count). The molecule has 53 heavy (non-hydrogen) atoms. The van der Waals surface area contributed by atoms with Crippen LogP contribution in [0.1, 0.15) is 218 Å². The molecule has 0 N–H and O–H groups in total. The van der Waals surface area contributed by atoms with Gasteiger partial charge in [0.1, 0.15) is 0 Å². The van der Waals surface area contributed by atoms with Gasteiger partial charge < -0.3 is 12.5 Å². The van der Waals surface area contributed by atoms with Crippen molar-refractivity contribution in [1.82, 2.24) is 4.90 Å². The fourth-order valence-corrected chi connectivity index (χ4v) is 7.01. The minimum Gasteiger partial charge on any atom is -0.358 e. The molecule has 0 spiro atoms. The minimum absolute atomic E-state index is 0. The molecular weight excluding hydrogens is 690 g/mol. The molecule has 2 bridgehead atoms. The molecule has 1 aliphatic heterocycles. The molecule has 1 unspecified atom stereocenters. The first kappa shape index (κ1) is 55.4. The molecule has 1 atom stereocenters. The van der Waals surface area contributed by atoms with Gasteiger partial charge in [-0.3, -0.25) is 26.5 Å². The van der Waals surface area contributed by atoms with Crippen LogP contribution in [-0.4, -0.2) is 23.3 Å². The van der Waals surface area contributed by atoms with Crippen molar-refractivity contribution < 1.29 is 26.7 Å². The molecule has 1 saturated carbocycles. The molecule has 4 aliphatic carbocycles. The first-order valence-electron chi connectivity index (χ1n) is 21.7. The van der Waals surface area contributed by atoms with Gasteiger partial charge >= 0.3 is 17.1 Å². The molecule has 4 heteroatoms. The normalized spacial score (nSPS) is 18.3. The maximum atomic E-state index is 11.4. The first-order valence-corrected chi connectivity index (χ1v) is 21.7. The summed E-state index contributed by atoms with van der Waals surface area (Å²) in [6.45, 7) is 26.7. The summed E-state index contributed by atoms with van der Waals surface area (Å²) in [7, 11) is 0. The number of carbonyl (C=O) groups is 2. The standard InChI is InChI=1S/C17H28.C16H19NO2.3C5H12.CH4.Fe/c1-3-5-6-9-15-13-16-10-7-11-17(15)12-14(16)8-4-2;1-4-6-11(2)16-12(3)13(16)7-5-10-17-14(18)8-9-15(17)19;3*1-3-5-4-2;;/h3-13H2,1-2H3;6-9,12H,2,4-5,10H2,1,3H3;3*3-5H2,1-2H3;1H4;/q;-2;;;;;+3/b;13-7?,16-11-;;;;;. The van der Waals surface area contributed by atoms with E-state index in [1.807, 2.05) is 22.3 Å². The zero-order valence-electron chi connectivity index (χ0n) is 36.0. The minimum atomic E-state index is -0.208. The summed E-state index contributed by atoms with van der Waals surface area (Å²) in [6.07, 6.45) is 36.0. The third kappa shape index (κ3) is 23.6. The fourth-order valence-electron chi connectivity index (χ4n) is 7.01. The number of rotatable bonds is 17. The average Bonchev–Trinajstić information content (AvgIpc) is 3.77. The van der Waals surface area contributed by atoms with Crippen molar-refractivity contribution in [2.45, 2.75) is 218 Å². The van der Waals surface area contributed by atoms with E-state index in [1.54, 1.807) is 0 Å². The van der Waals surface area contributed by atoms with E-state index in [0.717, 1.165) is 12.0 Å². The summed E-state index contributed by atoms with van der Waals surface area (Å²) in [5.74, 6) is 0.0544. The van der Waals surface area contributed by atoms with Gasteiger partial charge in [-0.15, -0.1) is 18.4 Å². The van der Waals surface area contributed by atoms with Crippen LogP contribution in [0.15, 0.2) is 57.2 Å². The summed E-state index contributed by atoms with van der Waals surface area (Å²) in [5.41, 5.74) is 11.1. The van der Waals surface area contributed by atoms with Crippen LogP contribution in [0.2, 0.25) is 0 Å². The van der Waals surface area contributed by atoms with Crippen molar-refractivity contribution in [2.24, 2.45) is 5.92 Å². The molecule has 0 aromatic rings. The Hall–Kier alpha value is -1.90. The first-order chi connectivity index (χ1) is 24.6. The number of carbonyl (C=O) groups excluding carboxylic acids is 2. The molecule has 0 saturated heterocycles. The van der Waals surface area contributed by atoms with Crippen LogP contribution in [0.4, 0.5) is 0 Å². The van der Waals surface area contributed by atoms with Crippen molar-refractivity contribution in [3.63, 3.8) is 0 Å². The third-order valence-corrected chi connectivity index (χ3v) is 10.1. The van der Waals surface area contributed by atoms with E-state index in [0.29, 0.717) is 18.9 Å². The summed E-state index contributed by atoms with van der Waals surface area (Å²) in [6, 6.07) is 0. The van der Waals surface area contributed by atoms with Crippen molar-refractivity contribution in [3.05, 3.63) is 70.6 Å². The molecule has 3 nitrogen and oxygen atoms in total. The molecule has 1 radical (unpaired) electrons. The maximum Gasteiger partial charge on any atom is 3.00 e. The smallest absolute Gasteiger partial charge is 0.358 e. The van der Waals surface area contributed by atoms with Crippen LogP contribution < -0.4 is 0 Å². The summed E-state index contributed by atoms with van der Waals surface area (Å²) >= 11 is 0. The van der Waals surface area contributed by atoms with Gasteiger partial charge in [0.05, 0.1) is 0 Å². The summed E-state index contributed by atoms with van der Waals surface area (Å²) in [4.78, 5) is 24.0. The number of amides is 2. The zero-order valence-corrected chi connectivity index (χ0v) is 37.1. The van der Waals surface area contributed by atoms with Gasteiger partial charge in [0, 0.05) is 18.7 Å². The Morgan fingerprint density at radius 3 is 1.57 bits per heavy atom. The number of imide groups is 1. The second kappa shape index (κ2) is 35.8. The van der Waals surface area contributed by atoms with E-state index >= 15 is 0 Å². The van der Waals surface area contributed by atoms with Crippen LogP contribution in [0.3, 0.4) is 0 Å². The SMILES string of the molecule is C.CCCCC.CCCCC.CCCCC.CCCCCC1=C2CCCC(=C(CCC)C2)C1.[CH2-]/C([CH-]CC)=C1/C(=CCCN2C(=O)C=CC2=O)C1C.[Fe+3]. The molecule has 0 aromatic carbocycles. The predicted octanol–water partition coefficient (Wildman–Crippen LogP) is 15.8. The quantitative estimate of drug-likeness (QED) is 0.0485. The zero-order chi connectivity index (χ0) is 38.4. The number of unbranched alkanes of at least 4 members (excludes halogenated alkanes) is 8. The second-order valence-corrected chi connectivity index (χ2v) is 14.8. The monoisotopic (exact) mass is 778 g/mol. The molecule has 5 aliphatic rings. The van der Waals surface area contributed by atoms with E-state index in [2.05, 4.69) is 88.7 Å². The Morgan fingerprint density at radius 2 is 1.17 bits per heavy atom. The van der Waals surface area contributed by atoms with Gasteiger partial charge in [-0.1, -0.05) is 176 Å². The Kier molecular flexibility index (Phi) is 37.4. The van der Waals surface area contributed by atoms with Crippen LogP contribution in [-0.2, 0) is 26.7 Å². The topological polar surface area (TPSA) is 37.4 Å². The predicted molar refractivity (Wildman–Crippen MR) is 233 cm³/mol. The van der Waals surface area contributed by atoms with Gasteiger partial charge in [0.15, 0.2) is 0 Å². The Balaban J connectivity index is -0.000000669. The average molecular weight is 778 g/mol. The van der Waals surface area contributed by atoms with E-state index in [9.17, 15) is 9.59 Å². The van der Waals surface area contributed by atoms with Crippen molar-refractivity contribution in [2.75, 3.05) is 6.54 Å². The van der Waals surface area contributed by atoms with E-state index in [-0.39, 0.29) is 36.3 Å². The molecule has 1 heterocycles. The molecule has 2 amide bonds. The molecular formula is C49H87FeNO2+. The van der Waals surface area contributed by atoms with Gasteiger partial charge in [-0.25, -0.2) is 0 Å². The van der Waals surface area contributed by atoms with Crippen molar-refractivity contribution in [3.8, 4) is 0 Å². The van der Waals surface area contributed by atoms with E-state index < -0.39 is 0 Å². The van der Waals surface area contributed by atoms with Crippen LogP contribution in [0, 0.1) is 19.3 Å². The third-order valence-electron chi connectivity index (χ3n) is 10.1. The van der Waals surface area contributed by atoms with Gasteiger partial charge in [0.2, 0.25) is 0 Å². The Labute approximate surface area is 342 Å². The number of hydrogen-bond acceptors (Lipinski definition) is 2. The van der Waals surface area contributed by atoms with Crippen LogP contribution in [0.5, 0.6) is 0 Å². The van der Waals surface area contributed by atoms with Gasteiger partial charge in [-0.05, 0) is 57.8 Å². The van der Waals surface area contributed by atoms with E-state index in [4.69, 9.17) is 0 Å². The second-order valence-electron chi connectivity index (χ2n) is 14.8. The summed E-state index contributed by atoms with van der Waals surface area (Å²) in [5, 5.41) is 0. The number of allylic oxidation sites excluding steroid dienone is 7. The van der Waals surface area contributed by atoms with Gasteiger partial charge in [0.25, 0.3) is 11.8 Å². The number of hydrogen-bond donors (Lipinski definition) is 0. The van der Waals surface area contributed by atoms with Crippen molar-refractivity contribution in [1.29, 1.82) is 0 Å². The maximum absolute atomic E-state index is 11.4. The fraction of sp³-hybridized carbons (Fsp3) is 0.714. The van der Waals surface area contributed by atoms with E-state index in [1.165, 1.54) is 157 Å². The van der Waals surface area contributed by atoms with Gasteiger partial charge in [-0.2, -0.15) is 5.57 Å². The van der Waals surface area contributed by atoms with Crippen molar-refractivity contribution >= 4 is 11.8 Å². The molecule has 0 aromatic heterocycles. The molecule has 307 valence electrons. The molecule has 1 fully saturated rings. The Morgan fingerprint density at radius 1 is 0.717 bits per heavy atom. The largest absolute Gasteiger partial charge is 3.00 e. The summed E-state index contributed by atoms with van der Waals surface area (Å²) < 4.78 is 0. The number of nitrogens with zero attached hydrogens (tertiary/aromatic N) is 1. The van der Waals surface area contributed by atoms with Crippen LogP contribution in [0.25, 0.3) is 0 Å². The number of fused-ring (bicyclic) bond motifs is 4. The van der Waals surface area contributed by atoms with Crippen LogP contribution >= 0.6 is 0 Å². The Bertz CT molecular complexity index is 1080.